The molecule has 0 saturated heterocycles. The molecule has 7 heteroatoms. The molecule has 21 heavy (non-hydrogen) atoms. The Morgan fingerprint density at radius 2 is 2.00 bits per heavy atom. The van der Waals surface area contributed by atoms with Gasteiger partial charge in [0.2, 0.25) is 10.0 Å². The van der Waals surface area contributed by atoms with Crippen molar-refractivity contribution in [3.8, 4) is 0 Å². The number of rotatable bonds is 7. The molecule has 0 spiro atoms. The normalized spacial score (nSPS) is 12.4. The lowest BCUT2D eigenvalue weighted by atomic mass is 10.4. The third-order valence-corrected chi connectivity index (χ3v) is 7.11. The van der Waals surface area contributed by atoms with Gasteiger partial charge in [0.15, 0.2) is 0 Å². The summed E-state index contributed by atoms with van der Waals surface area (Å²) in [5.41, 5.74) is 0. The van der Waals surface area contributed by atoms with Gasteiger partial charge in [-0.1, -0.05) is 6.07 Å². The molecule has 116 valence electrons. The summed E-state index contributed by atoms with van der Waals surface area (Å²) in [5.74, 6) is 0. The van der Waals surface area contributed by atoms with Gasteiger partial charge in [0.25, 0.3) is 0 Å². The predicted molar refractivity (Wildman–Crippen MR) is 89.3 cm³/mol. The molecule has 2 heterocycles. The summed E-state index contributed by atoms with van der Waals surface area (Å²) in [6.45, 7) is 4.81. The lowest BCUT2D eigenvalue weighted by molar-refractivity contribution is 0.350. The van der Waals surface area contributed by atoms with Gasteiger partial charge in [-0.15, -0.1) is 22.7 Å². The van der Waals surface area contributed by atoms with Crippen molar-refractivity contribution in [3.63, 3.8) is 0 Å². The summed E-state index contributed by atoms with van der Waals surface area (Å²) >= 11 is 3.05. The molecule has 2 aromatic rings. The molecule has 0 saturated carbocycles. The van der Waals surface area contributed by atoms with Crippen molar-refractivity contribution >= 4 is 32.7 Å². The van der Waals surface area contributed by atoms with Crippen molar-refractivity contribution in [2.45, 2.75) is 37.9 Å². The number of sulfonamides is 1. The van der Waals surface area contributed by atoms with Crippen LogP contribution in [0.15, 0.2) is 33.9 Å². The van der Waals surface area contributed by atoms with E-state index in [1.807, 2.05) is 43.8 Å². The van der Waals surface area contributed by atoms with Crippen molar-refractivity contribution in [3.05, 3.63) is 38.7 Å². The van der Waals surface area contributed by atoms with Crippen LogP contribution in [0.2, 0.25) is 0 Å². The van der Waals surface area contributed by atoms with E-state index >= 15 is 0 Å². The number of hydrogen-bond donors (Lipinski definition) is 1. The first kappa shape index (κ1) is 16.6. The quantitative estimate of drug-likeness (QED) is 0.839. The number of thiophene rings is 2. The van der Waals surface area contributed by atoms with Crippen LogP contribution in [0.25, 0.3) is 0 Å². The van der Waals surface area contributed by atoms with Gasteiger partial charge in [-0.3, -0.25) is 0 Å². The maximum atomic E-state index is 13.0. The highest BCUT2D eigenvalue weighted by Gasteiger charge is 2.30. The predicted octanol–water partition coefficient (Wildman–Crippen LogP) is 3.13. The molecule has 4 nitrogen and oxygen atoms in total. The molecule has 0 amide bonds. The molecule has 0 aliphatic rings. The van der Waals surface area contributed by atoms with Gasteiger partial charge in [0.1, 0.15) is 0 Å². The highest BCUT2D eigenvalue weighted by Crippen LogP contribution is 2.28. The zero-order chi connectivity index (χ0) is 15.5. The maximum Gasteiger partial charge on any atom is 0.244 e. The van der Waals surface area contributed by atoms with E-state index in [2.05, 4.69) is 5.32 Å². The molecule has 1 N–H and O–H groups in total. The van der Waals surface area contributed by atoms with Crippen LogP contribution in [0.3, 0.4) is 0 Å². The van der Waals surface area contributed by atoms with Gasteiger partial charge < -0.3 is 5.32 Å². The summed E-state index contributed by atoms with van der Waals surface area (Å²) in [7, 11) is -1.65. The van der Waals surface area contributed by atoms with Gasteiger partial charge in [-0.25, -0.2) is 8.42 Å². The van der Waals surface area contributed by atoms with E-state index in [9.17, 15) is 8.42 Å². The first-order valence-electron chi connectivity index (χ1n) is 6.72. The second-order valence-electron chi connectivity index (χ2n) is 4.96. The summed E-state index contributed by atoms with van der Waals surface area (Å²) in [6, 6.07) is 5.54. The number of nitrogens with one attached hydrogen (secondary N) is 1. The van der Waals surface area contributed by atoms with Gasteiger partial charge in [-0.05, 0) is 43.8 Å². The van der Waals surface area contributed by atoms with Crippen LogP contribution in [-0.4, -0.2) is 25.8 Å². The molecule has 0 radical (unpaired) electrons. The average molecular weight is 345 g/mol. The van der Waals surface area contributed by atoms with E-state index in [4.69, 9.17) is 0 Å². The molecule has 0 aliphatic heterocycles. The van der Waals surface area contributed by atoms with E-state index in [-0.39, 0.29) is 6.04 Å². The summed E-state index contributed by atoms with van der Waals surface area (Å²) in [6.07, 6.45) is 0. The fourth-order valence-electron chi connectivity index (χ4n) is 2.08. The van der Waals surface area contributed by atoms with E-state index in [0.29, 0.717) is 18.0 Å². The number of hydrogen-bond acceptors (Lipinski definition) is 5. The highest BCUT2D eigenvalue weighted by atomic mass is 32.2. The summed E-state index contributed by atoms with van der Waals surface area (Å²) in [4.78, 5) is 2.33. The molecule has 0 fully saturated rings. The molecular weight excluding hydrogens is 324 g/mol. The van der Waals surface area contributed by atoms with Crippen LogP contribution < -0.4 is 5.32 Å². The Bertz CT molecular complexity index is 660. The molecule has 0 aromatic carbocycles. The first-order chi connectivity index (χ1) is 9.96. The Morgan fingerprint density at radius 3 is 2.57 bits per heavy atom. The molecule has 2 rings (SSSR count). The van der Waals surface area contributed by atoms with Crippen molar-refractivity contribution in [2.24, 2.45) is 0 Å². The van der Waals surface area contributed by atoms with Gasteiger partial charge in [0.05, 0.1) is 4.90 Å². The van der Waals surface area contributed by atoms with Crippen molar-refractivity contribution in [1.29, 1.82) is 0 Å². The second kappa shape index (κ2) is 7.02. The van der Waals surface area contributed by atoms with Crippen molar-refractivity contribution in [2.75, 3.05) is 7.05 Å². The van der Waals surface area contributed by atoms with Crippen LogP contribution >= 0.6 is 22.7 Å². The molecule has 0 atom stereocenters. The van der Waals surface area contributed by atoms with Crippen LogP contribution in [0.4, 0.5) is 0 Å². The van der Waals surface area contributed by atoms with Crippen LogP contribution in [0.1, 0.15) is 23.6 Å². The molecule has 0 aliphatic carbocycles. The van der Waals surface area contributed by atoms with Crippen molar-refractivity contribution in [1.82, 2.24) is 9.62 Å². The van der Waals surface area contributed by atoms with Crippen LogP contribution in [0, 0.1) is 0 Å². The molecular formula is C14H20N2O2S3. The summed E-state index contributed by atoms with van der Waals surface area (Å²) < 4.78 is 27.5. The SMILES string of the molecule is CNCc1sccc1S(=O)(=O)N(Cc1cccs1)C(C)C. The summed E-state index contributed by atoms with van der Waals surface area (Å²) in [5, 5.41) is 6.83. The topological polar surface area (TPSA) is 49.4 Å². The Kier molecular flexibility index (Phi) is 5.56. The van der Waals surface area contributed by atoms with Crippen LogP contribution in [0.5, 0.6) is 0 Å². The maximum absolute atomic E-state index is 13.0. The minimum absolute atomic E-state index is 0.0839. The standard InChI is InChI=1S/C14H20N2O2S3/c1-11(2)16(10-12-5-4-7-19-12)21(17,18)14-6-8-20-13(14)9-15-3/h4-8,11,15H,9-10H2,1-3H3. The smallest absolute Gasteiger partial charge is 0.244 e. The third kappa shape index (κ3) is 3.73. The zero-order valence-electron chi connectivity index (χ0n) is 12.4. The molecule has 0 bridgehead atoms. The Labute approximate surface area is 134 Å². The minimum Gasteiger partial charge on any atom is -0.315 e. The van der Waals surface area contributed by atoms with Gasteiger partial charge >= 0.3 is 0 Å². The Morgan fingerprint density at radius 1 is 1.24 bits per heavy atom. The average Bonchev–Trinajstić information content (AvgIpc) is 3.06. The lowest BCUT2D eigenvalue weighted by Crippen LogP contribution is -2.36. The lowest BCUT2D eigenvalue weighted by Gasteiger charge is -2.25. The van der Waals surface area contributed by atoms with Gasteiger partial charge in [-0.2, -0.15) is 4.31 Å². The monoisotopic (exact) mass is 344 g/mol. The van der Waals surface area contributed by atoms with Crippen molar-refractivity contribution < 1.29 is 8.42 Å². The fourth-order valence-corrected chi connectivity index (χ4v) is 5.90. The molecule has 0 unspecified atom stereocenters. The van der Waals surface area contributed by atoms with Gasteiger partial charge in [0, 0.05) is 28.9 Å². The minimum atomic E-state index is -3.48. The molecule has 2 aromatic heterocycles. The van der Waals surface area contributed by atoms with E-state index in [1.54, 1.807) is 21.7 Å². The van der Waals surface area contributed by atoms with E-state index in [0.717, 1.165) is 9.75 Å². The second-order valence-corrected chi connectivity index (χ2v) is 8.85. The third-order valence-electron chi connectivity index (χ3n) is 3.10. The first-order valence-corrected chi connectivity index (χ1v) is 9.92. The Balaban J connectivity index is 2.35. The van der Waals surface area contributed by atoms with E-state index in [1.165, 1.54) is 11.3 Å². The largest absolute Gasteiger partial charge is 0.315 e. The fraction of sp³-hybridized carbons (Fsp3) is 0.429. The Hall–Kier alpha value is -0.730. The zero-order valence-corrected chi connectivity index (χ0v) is 14.8. The van der Waals surface area contributed by atoms with Crippen LogP contribution in [-0.2, 0) is 23.1 Å². The number of nitrogens with zero attached hydrogens (tertiary/aromatic N) is 1. The van der Waals surface area contributed by atoms with E-state index < -0.39 is 10.0 Å². The highest BCUT2D eigenvalue weighted by molar-refractivity contribution is 7.89.